The average Bonchev–Trinajstić information content (AvgIpc) is 2.80. The number of benzene rings is 1. The SMILES string of the molecule is COCCCC(N)C(=O)Nc1nc2ccccc2[nH]1. The van der Waals surface area contributed by atoms with Gasteiger partial charge in [0.25, 0.3) is 0 Å². The first-order valence-corrected chi connectivity index (χ1v) is 6.21. The van der Waals surface area contributed by atoms with Gasteiger partial charge in [-0.3, -0.25) is 10.1 Å². The number of hydrogen-bond donors (Lipinski definition) is 3. The van der Waals surface area contributed by atoms with E-state index in [0.29, 0.717) is 19.0 Å². The number of H-pyrrole nitrogens is 1. The predicted molar refractivity (Wildman–Crippen MR) is 73.8 cm³/mol. The Morgan fingerprint density at radius 2 is 2.32 bits per heavy atom. The minimum Gasteiger partial charge on any atom is -0.385 e. The molecule has 0 aliphatic rings. The molecular weight excluding hydrogens is 244 g/mol. The van der Waals surface area contributed by atoms with Gasteiger partial charge in [-0.15, -0.1) is 0 Å². The summed E-state index contributed by atoms with van der Waals surface area (Å²) in [5, 5.41) is 2.69. The normalized spacial score (nSPS) is 12.5. The van der Waals surface area contributed by atoms with E-state index in [-0.39, 0.29) is 5.91 Å². The second-order valence-corrected chi connectivity index (χ2v) is 4.33. The summed E-state index contributed by atoms with van der Waals surface area (Å²) in [6.45, 7) is 0.603. The molecular formula is C13H18N4O2. The summed E-state index contributed by atoms with van der Waals surface area (Å²) in [7, 11) is 1.62. The highest BCUT2D eigenvalue weighted by Gasteiger charge is 2.14. The maximum Gasteiger partial charge on any atom is 0.243 e. The summed E-state index contributed by atoms with van der Waals surface area (Å²) < 4.78 is 4.92. The van der Waals surface area contributed by atoms with Crippen molar-refractivity contribution in [1.29, 1.82) is 0 Å². The van der Waals surface area contributed by atoms with Crippen molar-refractivity contribution in [3.05, 3.63) is 24.3 Å². The molecule has 0 fully saturated rings. The van der Waals surface area contributed by atoms with Crippen LogP contribution in [-0.2, 0) is 9.53 Å². The maximum absolute atomic E-state index is 11.8. The number of nitrogens with zero attached hydrogens (tertiary/aromatic N) is 1. The summed E-state index contributed by atoms with van der Waals surface area (Å²) in [4.78, 5) is 19.1. The lowest BCUT2D eigenvalue weighted by Gasteiger charge is -2.10. The number of aromatic nitrogens is 2. The third-order valence-electron chi connectivity index (χ3n) is 2.83. The number of methoxy groups -OCH3 is 1. The van der Waals surface area contributed by atoms with Gasteiger partial charge < -0.3 is 15.5 Å². The molecule has 0 saturated carbocycles. The number of carbonyl (C=O) groups is 1. The molecule has 1 atom stereocenters. The van der Waals surface area contributed by atoms with Crippen molar-refractivity contribution in [3.8, 4) is 0 Å². The molecule has 6 heteroatoms. The molecule has 102 valence electrons. The van der Waals surface area contributed by atoms with Crippen LogP contribution in [0.2, 0.25) is 0 Å². The Hall–Kier alpha value is -1.92. The smallest absolute Gasteiger partial charge is 0.243 e. The lowest BCUT2D eigenvalue weighted by atomic mass is 10.1. The number of hydrogen-bond acceptors (Lipinski definition) is 4. The number of nitrogens with one attached hydrogen (secondary N) is 2. The van der Waals surface area contributed by atoms with Crippen molar-refractivity contribution in [2.75, 3.05) is 19.0 Å². The fraction of sp³-hybridized carbons (Fsp3) is 0.385. The molecule has 2 rings (SSSR count). The summed E-state index contributed by atoms with van der Waals surface area (Å²) in [5.74, 6) is 0.184. The van der Waals surface area contributed by atoms with Crippen LogP contribution >= 0.6 is 0 Å². The van der Waals surface area contributed by atoms with Crippen LogP contribution in [0.25, 0.3) is 11.0 Å². The Bertz CT molecular complexity index is 519. The third-order valence-corrected chi connectivity index (χ3v) is 2.83. The van der Waals surface area contributed by atoms with Gasteiger partial charge in [-0.2, -0.15) is 0 Å². The molecule has 6 nitrogen and oxygen atoms in total. The van der Waals surface area contributed by atoms with Gasteiger partial charge in [-0.05, 0) is 25.0 Å². The third kappa shape index (κ3) is 3.52. The fourth-order valence-corrected chi connectivity index (χ4v) is 1.80. The highest BCUT2D eigenvalue weighted by atomic mass is 16.5. The molecule has 1 unspecified atom stereocenters. The minimum atomic E-state index is -0.552. The molecule has 1 heterocycles. The standard InChI is InChI=1S/C13H18N4O2/c1-19-8-4-5-9(14)12(18)17-13-15-10-6-2-3-7-11(10)16-13/h2-3,6-7,9H,4-5,8,14H2,1H3,(H2,15,16,17,18). The van der Waals surface area contributed by atoms with Crippen LogP contribution in [0.15, 0.2) is 24.3 Å². The number of nitrogens with two attached hydrogens (primary N) is 1. The van der Waals surface area contributed by atoms with Crippen LogP contribution in [0, 0.1) is 0 Å². The van der Waals surface area contributed by atoms with E-state index in [9.17, 15) is 4.79 Å². The highest BCUT2D eigenvalue weighted by Crippen LogP contribution is 2.13. The van der Waals surface area contributed by atoms with Crippen LogP contribution in [0.1, 0.15) is 12.8 Å². The number of rotatable bonds is 6. The first-order valence-electron chi connectivity index (χ1n) is 6.21. The van der Waals surface area contributed by atoms with Crippen LogP contribution < -0.4 is 11.1 Å². The lowest BCUT2D eigenvalue weighted by molar-refractivity contribution is -0.117. The molecule has 2 aromatic rings. The number of para-hydroxylation sites is 2. The quantitative estimate of drug-likeness (QED) is 0.683. The number of carbonyl (C=O) groups excluding carboxylic acids is 1. The summed E-state index contributed by atoms with van der Waals surface area (Å²) in [5.41, 5.74) is 7.48. The van der Waals surface area contributed by atoms with Gasteiger partial charge in [0.1, 0.15) is 0 Å². The summed E-state index contributed by atoms with van der Waals surface area (Å²) >= 11 is 0. The number of ether oxygens (including phenoxy) is 1. The van der Waals surface area contributed by atoms with Crippen LogP contribution in [0.4, 0.5) is 5.95 Å². The second-order valence-electron chi connectivity index (χ2n) is 4.33. The molecule has 0 radical (unpaired) electrons. The number of fused-ring (bicyclic) bond motifs is 1. The van der Waals surface area contributed by atoms with Crippen molar-refractivity contribution in [2.45, 2.75) is 18.9 Å². The monoisotopic (exact) mass is 262 g/mol. The molecule has 0 aliphatic heterocycles. The lowest BCUT2D eigenvalue weighted by Crippen LogP contribution is -2.36. The van der Waals surface area contributed by atoms with Gasteiger partial charge in [0, 0.05) is 13.7 Å². The first kappa shape index (κ1) is 13.5. The van der Waals surface area contributed by atoms with Crippen LogP contribution in [0.3, 0.4) is 0 Å². The van der Waals surface area contributed by atoms with E-state index in [1.54, 1.807) is 7.11 Å². The topological polar surface area (TPSA) is 93.0 Å². The van der Waals surface area contributed by atoms with E-state index >= 15 is 0 Å². The second kappa shape index (κ2) is 6.31. The molecule has 19 heavy (non-hydrogen) atoms. The van der Waals surface area contributed by atoms with Crippen molar-refractivity contribution in [1.82, 2.24) is 9.97 Å². The Morgan fingerprint density at radius 1 is 1.53 bits per heavy atom. The highest BCUT2D eigenvalue weighted by molar-refractivity contribution is 5.94. The number of anilines is 1. The van der Waals surface area contributed by atoms with Gasteiger partial charge in [0.15, 0.2) is 0 Å². The minimum absolute atomic E-state index is 0.241. The van der Waals surface area contributed by atoms with E-state index < -0.39 is 6.04 Å². The molecule has 0 bridgehead atoms. The van der Waals surface area contributed by atoms with Gasteiger partial charge in [0.05, 0.1) is 17.1 Å². The zero-order valence-corrected chi connectivity index (χ0v) is 10.8. The zero-order valence-electron chi connectivity index (χ0n) is 10.8. The van der Waals surface area contributed by atoms with E-state index in [1.165, 1.54) is 0 Å². The van der Waals surface area contributed by atoms with Crippen LogP contribution in [-0.4, -0.2) is 35.6 Å². The predicted octanol–water partition coefficient (Wildman–Crippen LogP) is 1.26. The van der Waals surface area contributed by atoms with E-state index in [2.05, 4.69) is 15.3 Å². The first-order chi connectivity index (χ1) is 9.20. The number of aromatic amines is 1. The van der Waals surface area contributed by atoms with Gasteiger partial charge in [-0.25, -0.2) is 4.98 Å². The molecule has 4 N–H and O–H groups in total. The molecule has 1 amide bonds. The molecule has 0 saturated heterocycles. The van der Waals surface area contributed by atoms with Gasteiger partial charge in [-0.1, -0.05) is 12.1 Å². The Kier molecular flexibility index (Phi) is 4.48. The van der Waals surface area contributed by atoms with E-state index in [4.69, 9.17) is 10.5 Å². The van der Waals surface area contributed by atoms with Gasteiger partial charge in [0.2, 0.25) is 11.9 Å². The number of imidazole rings is 1. The van der Waals surface area contributed by atoms with Crippen molar-refractivity contribution >= 4 is 22.9 Å². The fourth-order valence-electron chi connectivity index (χ4n) is 1.80. The van der Waals surface area contributed by atoms with E-state index in [1.807, 2.05) is 24.3 Å². The Balaban J connectivity index is 1.94. The Labute approximate surface area is 111 Å². The number of amides is 1. The molecule has 0 aliphatic carbocycles. The van der Waals surface area contributed by atoms with Crippen molar-refractivity contribution < 1.29 is 9.53 Å². The average molecular weight is 262 g/mol. The molecule has 1 aromatic carbocycles. The summed E-state index contributed by atoms with van der Waals surface area (Å²) in [6, 6.07) is 7.02. The Morgan fingerprint density at radius 3 is 3.05 bits per heavy atom. The van der Waals surface area contributed by atoms with Crippen molar-refractivity contribution in [3.63, 3.8) is 0 Å². The summed E-state index contributed by atoms with van der Waals surface area (Å²) in [6.07, 6.45) is 1.34. The maximum atomic E-state index is 11.8. The van der Waals surface area contributed by atoms with Gasteiger partial charge >= 0.3 is 0 Å². The molecule has 0 spiro atoms. The van der Waals surface area contributed by atoms with E-state index in [0.717, 1.165) is 17.5 Å². The van der Waals surface area contributed by atoms with Crippen LogP contribution in [0.5, 0.6) is 0 Å². The molecule has 1 aromatic heterocycles. The van der Waals surface area contributed by atoms with Crippen molar-refractivity contribution in [2.24, 2.45) is 5.73 Å². The zero-order chi connectivity index (χ0) is 13.7. The largest absolute Gasteiger partial charge is 0.385 e.